The predicted molar refractivity (Wildman–Crippen MR) is 60.2 cm³/mol. The SMILES string of the molecule is COc1nc([C@H]2CCNC(=O)C2)ccc1N. The molecule has 1 aliphatic rings. The lowest BCUT2D eigenvalue weighted by atomic mass is 9.93. The summed E-state index contributed by atoms with van der Waals surface area (Å²) < 4.78 is 5.07. The van der Waals surface area contributed by atoms with Crippen LogP contribution in [0.15, 0.2) is 12.1 Å². The average Bonchev–Trinajstić information content (AvgIpc) is 2.29. The number of carbonyl (C=O) groups is 1. The quantitative estimate of drug-likeness (QED) is 0.769. The van der Waals surface area contributed by atoms with Gasteiger partial charge in [0.05, 0.1) is 12.8 Å². The second kappa shape index (κ2) is 4.38. The van der Waals surface area contributed by atoms with Crippen molar-refractivity contribution in [2.45, 2.75) is 18.8 Å². The van der Waals surface area contributed by atoms with Crippen LogP contribution < -0.4 is 15.8 Å². The minimum atomic E-state index is 0.0776. The third kappa shape index (κ3) is 2.08. The highest BCUT2D eigenvalue weighted by atomic mass is 16.5. The number of nitrogens with one attached hydrogen (secondary N) is 1. The van der Waals surface area contributed by atoms with Gasteiger partial charge >= 0.3 is 0 Å². The number of amides is 1. The normalized spacial score (nSPS) is 20.3. The monoisotopic (exact) mass is 221 g/mol. The van der Waals surface area contributed by atoms with Crippen molar-refractivity contribution in [2.24, 2.45) is 0 Å². The number of nitrogens with zero attached hydrogens (tertiary/aromatic N) is 1. The van der Waals surface area contributed by atoms with E-state index in [0.717, 1.165) is 12.1 Å². The van der Waals surface area contributed by atoms with Gasteiger partial charge < -0.3 is 15.8 Å². The number of piperidine rings is 1. The minimum absolute atomic E-state index is 0.0776. The summed E-state index contributed by atoms with van der Waals surface area (Å²) >= 11 is 0. The summed E-state index contributed by atoms with van der Waals surface area (Å²) in [5.74, 6) is 0.681. The Bertz CT molecular complexity index is 406. The van der Waals surface area contributed by atoms with Crippen molar-refractivity contribution in [3.63, 3.8) is 0 Å². The maximum atomic E-state index is 11.3. The van der Waals surface area contributed by atoms with E-state index in [9.17, 15) is 4.79 Å². The van der Waals surface area contributed by atoms with Gasteiger partial charge in [-0.05, 0) is 18.6 Å². The minimum Gasteiger partial charge on any atom is -0.480 e. The third-order valence-electron chi connectivity index (χ3n) is 2.77. The largest absolute Gasteiger partial charge is 0.480 e. The van der Waals surface area contributed by atoms with Gasteiger partial charge in [0.1, 0.15) is 0 Å². The van der Waals surface area contributed by atoms with Crippen LogP contribution in [0, 0.1) is 0 Å². The Hall–Kier alpha value is -1.78. The molecule has 16 heavy (non-hydrogen) atoms. The molecule has 0 bridgehead atoms. The molecule has 0 radical (unpaired) electrons. The summed E-state index contributed by atoms with van der Waals surface area (Å²) in [6, 6.07) is 3.63. The highest BCUT2D eigenvalue weighted by molar-refractivity contribution is 5.77. The van der Waals surface area contributed by atoms with Crippen molar-refractivity contribution in [3.05, 3.63) is 17.8 Å². The summed E-state index contributed by atoms with van der Waals surface area (Å²) in [5, 5.41) is 2.80. The topological polar surface area (TPSA) is 77.2 Å². The fraction of sp³-hybridized carbons (Fsp3) is 0.455. The van der Waals surface area contributed by atoms with Gasteiger partial charge in [-0.15, -0.1) is 0 Å². The number of nitrogen functional groups attached to an aromatic ring is 1. The zero-order valence-corrected chi connectivity index (χ0v) is 9.19. The smallest absolute Gasteiger partial charge is 0.237 e. The number of aromatic nitrogens is 1. The molecular formula is C11H15N3O2. The van der Waals surface area contributed by atoms with Crippen molar-refractivity contribution in [3.8, 4) is 5.88 Å². The highest BCUT2D eigenvalue weighted by Gasteiger charge is 2.22. The Kier molecular flexibility index (Phi) is 2.94. The number of hydrogen-bond acceptors (Lipinski definition) is 4. The van der Waals surface area contributed by atoms with Crippen molar-refractivity contribution in [1.82, 2.24) is 10.3 Å². The summed E-state index contributed by atoms with van der Waals surface area (Å²) in [6.07, 6.45) is 1.39. The van der Waals surface area contributed by atoms with Crippen LogP contribution in [0.3, 0.4) is 0 Å². The molecule has 3 N–H and O–H groups in total. The molecule has 1 aromatic rings. The summed E-state index contributed by atoms with van der Waals surface area (Å²) in [5.41, 5.74) is 7.09. The van der Waals surface area contributed by atoms with Crippen LogP contribution in [0.1, 0.15) is 24.5 Å². The molecule has 5 nitrogen and oxygen atoms in total. The number of nitrogens with two attached hydrogens (primary N) is 1. The van der Waals surface area contributed by atoms with Gasteiger partial charge in [-0.3, -0.25) is 4.79 Å². The fourth-order valence-corrected chi connectivity index (χ4v) is 1.89. The molecule has 0 unspecified atom stereocenters. The van der Waals surface area contributed by atoms with Gasteiger partial charge in [0.25, 0.3) is 0 Å². The molecule has 5 heteroatoms. The van der Waals surface area contributed by atoms with Crippen molar-refractivity contribution >= 4 is 11.6 Å². The fourth-order valence-electron chi connectivity index (χ4n) is 1.89. The van der Waals surface area contributed by atoms with Crippen LogP contribution in [0.25, 0.3) is 0 Å². The molecular weight excluding hydrogens is 206 g/mol. The van der Waals surface area contributed by atoms with E-state index in [1.165, 1.54) is 7.11 Å². The van der Waals surface area contributed by atoms with Crippen molar-refractivity contribution in [1.29, 1.82) is 0 Å². The Labute approximate surface area is 94.0 Å². The van der Waals surface area contributed by atoms with E-state index < -0.39 is 0 Å². The zero-order chi connectivity index (χ0) is 11.5. The van der Waals surface area contributed by atoms with Crippen LogP contribution in [0.2, 0.25) is 0 Å². The van der Waals surface area contributed by atoms with E-state index in [1.54, 1.807) is 6.07 Å². The van der Waals surface area contributed by atoms with Crippen LogP contribution in [-0.4, -0.2) is 24.5 Å². The summed E-state index contributed by atoms with van der Waals surface area (Å²) in [7, 11) is 1.54. The van der Waals surface area contributed by atoms with Crippen molar-refractivity contribution < 1.29 is 9.53 Å². The van der Waals surface area contributed by atoms with E-state index in [2.05, 4.69) is 10.3 Å². The van der Waals surface area contributed by atoms with E-state index in [1.807, 2.05) is 6.07 Å². The lowest BCUT2D eigenvalue weighted by Crippen LogP contribution is -2.32. The molecule has 1 aliphatic heterocycles. The molecule has 0 saturated carbocycles. The molecule has 2 heterocycles. The second-order valence-electron chi connectivity index (χ2n) is 3.87. The van der Waals surface area contributed by atoms with E-state index >= 15 is 0 Å². The van der Waals surface area contributed by atoms with Gasteiger partial charge in [0, 0.05) is 24.6 Å². The standard InChI is InChI=1S/C11H15N3O2/c1-16-11-8(12)2-3-9(14-11)7-4-5-13-10(15)6-7/h2-3,7H,4-6,12H2,1H3,(H,13,15)/t7-/m0/s1. The average molecular weight is 221 g/mol. The first kappa shape index (κ1) is 10.7. The Morgan fingerprint density at radius 2 is 2.38 bits per heavy atom. The molecule has 0 spiro atoms. The number of rotatable bonds is 2. The lowest BCUT2D eigenvalue weighted by molar-refractivity contribution is -0.122. The molecule has 1 atom stereocenters. The van der Waals surface area contributed by atoms with Gasteiger partial charge in [-0.25, -0.2) is 4.98 Å². The maximum absolute atomic E-state index is 11.3. The van der Waals surface area contributed by atoms with Gasteiger partial charge in [0.2, 0.25) is 11.8 Å². The maximum Gasteiger partial charge on any atom is 0.237 e. The van der Waals surface area contributed by atoms with E-state index in [4.69, 9.17) is 10.5 Å². The third-order valence-corrected chi connectivity index (χ3v) is 2.77. The Morgan fingerprint density at radius 1 is 1.56 bits per heavy atom. The summed E-state index contributed by atoms with van der Waals surface area (Å²) in [4.78, 5) is 15.6. The number of carbonyl (C=O) groups excluding carboxylic acids is 1. The van der Waals surface area contributed by atoms with Crippen LogP contribution >= 0.6 is 0 Å². The first-order chi connectivity index (χ1) is 7.70. The first-order valence-corrected chi connectivity index (χ1v) is 5.28. The van der Waals surface area contributed by atoms with Gasteiger partial charge in [-0.2, -0.15) is 0 Å². The number of anilines is 1. The second-order valence-corrected chi connectivity index (χ2v) is 3.87. The number of pyridine rings is 1. The molecule has 0 aromatic carbocycles. The molecule has 0 aliphatic carbocycles. The number of methoxy groups -OCH3 is 1. The lowest BCUT2D eigenvalue weighted by Gasteiger charge is -2.21. The molecule has 86 valence electrons. The summed E-state index contributed by atoms with van der Waals surface area (Å²) in [6.45, 7) is 0.706. The number of hydrogen-bond donors (Lipinski definition) is 2. The van der Waals surface area contributed by atoms with Crippen LogP contribution in [0.5, 0.6) is 5.88 Å². The van der Waals surface area contributed by atoms with Gasteiger partial charge in [0.15, 0.2) is 0 Å². The van der Waals surface area contributed by atoms with Crippen LogP contribution in [-0.2, 0) is 4.79 Å². The molecule has 1 fully saturated rings. The molecule has 1 saturated heterocycles. The van der Waals surface area contributed by atoms with Crippen LogP contribution in [0.4, 0.5) is 5.69 Å². The predicted octanol–water partition coefficient (Wildman–Crippen LogP) is 0.666. The Morgan fingerprint density at radius 3 is 3.06 bits per heavy atom. The number of ether oxygens (including phenoxy) is 1. The van der Waals surface area contributed by atoms with Crippen molar-refractivity contribution in [2.75, 3.05) is 19.4 Å². The van der Waals surface area contributed by atoms with Gasteiger partial charge in [-0.1, -0.05) is 0 Å². The zero-order valence-electron chi connectivity index (χ0n) is 9.19. The molecule has 2 rings (SSSR count). The van der Waals surface area contributed by atoms with E-state index in [-0.39, 0.29) is 11.8 Å². The first-order valence-electron chi connectivity index (χ1n) is 5.28. The molecule has 1 amide bonds. The Balaban J connectivity index is 2.22. The van der Waals surface area contributed by atoms with E-state index in [0.29, 0.717) is 24.5 Å². The highest BCUT2D eigenvalue weighted by Crippen LogP contribution is 2.27. The molecule has 1 aromatic heterocycles.